The lowest BCUT2D eigenvalue weighted by Gasteiger charge is -2.18. The summed E-state index contributed by atoms with van der Waals surface area (Å²) in [6.45, 7) is 6.54. The maximum Gasteiger partial charge on any atom is 0.339 e. The lowest BCUT2D eigenvalue weighted by atomic mass is 10.0. The van der Waals surface area contributed by atoms with Gasteiger partial charge in [-0.05, 0) is 44.5 Å². The lowest BCUT2D eigenvalue weighted by molar-refractivity contribution is -0.114. The van der Waals surface area contributed by atoms with Crippen molar-refractivity contribution in [2.75, 3.05) is 24.9 Å². The van der Waals surface area contributed by atoms with Gasteiger partial charge in [0.05, 0.1) is 37.2 Å². The number of rotatable bonds is 7. The number of H-pyrrole nitrogens is 1. The maximum absolute atomic E-state index is 13.0. The minimum Gasteiger partial charge on any atom is -0.495 e. The zero-order valence-electron chi connectivity index (χ0n) is 16.9. The number of carbonyl (C=O) groups is 3. The molecule has 0 saturated carbocycles. The molecule has 1 atom stereocenters. The molecule has 0 bridgehead atoms. The molecular formula is C20H25N3O5. The number of benzene rings is 1. The molecule has 0 unspecified atom stereocenters. The zero-order valence-corrected chi connectivity index (χ0v) is 16.9. The fraction of sp³-hybridized carbons (Fsp3) is 0.350. The molecule has 8 heteroatoms. The van der Waals surface area contributed by atoms with Crippen LogP contribution in [0.25, 0.3) is 0 Å². The van der Waals surface area contributed by atoms with E-state index in [9.17, 15) is 14.4 Å². The van der Waals surface area contributed by atoms with E-state index in [1.807, 2.05) is 0 Å². The molecule has 0 spiro atoms. The number of aromatic nitrogens is 1. The Morgan fingerprint density at radius 3 is 2.39 bits per heavy atom. The minimum absolute atomic E-state index is 0.201. The number of ether oxygens (including phenoxy) is 2. The molecule has 0 radical (unpaired) electrons. The summed E-state index contributed by atoms with van der Waals surface area (Å²) in [5, 5.41) is 5.80. The Labute approximate surface area is 163 Å². The first-order valence-electron chi connectivity index (χ1n) is 8.73. The van der Waals surface area contributed by atoms with E-state index in [0.717, 1.165) is 0 Å². The Bertz CT molecular complexity index is 917. The number of amides is 1. The van der Waals surface area contributed by atoms with Crippen molar-refractivity contribution in [3.05, 3.63) is 40.7 Å². The standard InChI is InChI=1S/C20H25N3O5/c1-10-17(20(26)28-6)11(2)22-18(10)19(25)12(3)21-15-9-14(23-13(4)24)7-8-16(15)27-5/h7-9,12,21-22H,1-6H3,(H,23,24)/t12-/m1/s1. The minimum atomic E-state index is -0.622. The van der Waals surface area contributed by atoms with Crippen LogP contribution < -0.4 is 15.4 Å². The van der Waals surface area contributed by atoms with Crippen molar-refractivity contribution in [1.82, 2.24) is 4.98 Å². The van der Waals surface area contributed by atoms with Crippen LogP contribution in [0.4, 0.5) is 11.4 Å². The molecule has 28 heavy (non-hydrogen) atoms. The first kappa shape index (κ1) is 21.0. The molecule has 2 rings (SSSR count). The molecule has 1 heterocycles. The monoisotopic (exact) mass is 387 g/mol. The average Bonchev–Trinajstić information content (AvgIpc) is 2.94. The molecule has 3 N–H and O–H groups in total. The highest BCUT2D eigenvalue weighted by molar-refractivity contribution is 6.05. The summed E-state index contributed by atoms with van der Waals surface area (Å²) in [6.07, 6.45) is 0. The maximum atomic E-state index is 13.0. The number of Topliss-reactive ketones (excluding diaryl/α,β-unsaturated/α-hetero) is 1. The van der Waals surface area contributed by atoms with Crippen molar-refractivity contribution in [2.24, 2.45) is 0 Å². The summed E-state index contributed by atoms with van der Waals surface area (Å²) in [4.78, 5) is 39.2. The van der Waals surface area contributed by atoms with Crippen molar-refractivity contribution in [3.8, 4) is 5.75 Å². The summed E-state index contributed by atoms with van der Waals surface area (Å²) in [5.41, 5.74) is 2.96. The number of aromatic amines is 1. The molecule has 8 nitrogen and oxygen atoms in total. The van der Waals surface area contributed by atoms with E-state index in [0.29, 0.717) is 39.6 Å². The Balaban J connectivity index is 2.30. The quantitative estimate of drug-likeness (QED) is 0.498. The molecule has 1 aromatic heterocycles. The van der Waals surface area contributed by atoms with Crippen molar-refractivity contribution >= 4 is 29.0 Å². The van der Waals surface area contributed by atoms with Crippen molar-refractivity contribution < 1.29 is 23.9 Å². The predicted molar refractivity (Wildman–Crippen MR) is 106 cm³/mol. The SMILES string of the molecule is COC(=O)c1c(C)[nH]c(C(=O)[C@@H](C)Nc2cc(NC(C)=O)ccc2OC)c1C. The second-order valence-corrected chi connectivity index (χ2v) is 6.44. The molecule has 0 fully saturated rings. The molecule has 0 aliphatic carbocycles. The number of carbonyl (C=O) groups excluding carboxylic acids is 3. The number of methoxy groups -OCH3 is 2. The largest absolute Gasteiger partial charge is 0.495 e. The summed E-state index contributed by atoms with van der Waals surface area (Å²) < 4.78 is 10.1. The van der Waals surface area contributed by atoms with E-state index in [2.05, 4.69) is 15.6 Å². The van der Waals surface area contributed by atoms with Crippen LogP contribution in [0.3, 0.4) is 0 Å². The molecule has 150 valence electrons. The van der Waals surface area contributed by atoms with Gasteiger partial charge in [-0.2, -0.15) is 0 Å². The van der Waals surface area contributed by atoms with Crippen LogP contribution in [0, 0.1) is 13.8 Å². The fourth-order valence-corrected chi connectivity index (χ4v) is 3.02. The van der Waals surface area contributed by atoms with E-state index >= 15 is 0 Å². The smallest absolute Gasteiger partial charge is 0.339 e. The summed E-state index contributed by atoms with van der Waals surface area (Å²) >= 11 is 0. The number of hydrogen-bond acceptors (Lipinski definition) is 6. The Hall–Kier alpha value is -3.29. The Morgan fingerprint density at radius 2 is 1.82 bits per heavy atom. The second-order valence-electron chi connectivity index (χ2n) is 6.44. The molecular weight excluding hydrogens is 362 g/mol. The number of aryl methyl sites for hydroxylation is 1. The number of anilines is 2. The van der Waals surface area contributed by atoms with Crippen LogP contribution in [0.15, 0.2) is 18.2 Å². The van der Waals surface area contributed by atoms with Crippen molar-refractivity contribution in [2.45, 2.75) is 33.7 Å². The third kappa shape index (κ3) is 4.33. The highest BCUT2D eigenvalue weighted by Crippen LogP contribution is 2.29. The van der Waals surface area contributed by atoms with Gasteiger partial charge in [0.2, 0.25) is 11.7 Å². The molecule has 1 amide bonds. The molecule has 0 saturated heterocycles. The third-order valence-corrected chi connectivity index (χ3v) is 4.36. The van der Waals surface area contributed by atoms with E-state index in [1.54, 1.807) is 39.0 Å². The summed E-state index contributed by atoms with van der Waals surface area (Å²) in [5.74, 6) is -0.380. The third-order valence-electron chi connectivity index (χ3n) is 4.36. The highest BCUT2D eigenvalue weighted by atomic mass is 16.5. The van der Waals surface area contributed by atoms with Gasteiger partial charge in [-0.1, -0.05) is 0 Å². The highest BCUT2D eigenvalue weighted by Gasteiger charge is 2.26. The van der Waals surface area contributed by atoms with Gasteiger partial charge < -0.3 is 25.1 Å². The van der Waals surface area contributed by atoms with E-state index in [-0.39, 0.29) is 11.7 Å². The fourth-order valence-electron chi connectivity index (χ4n) is 3.02. The van der Waals surface area contributed by atoms with Gasteiger partial charge in [-0.15, -0.1) is 0 Å². The van der Waals surface area contributed by atoms with Crippen LogP contribution in [0.2, 0.25) is 0 Å². The van der Waals surface area contributed by atoms with Gasteiger partial charge in [-0.3, -0.25) is 9.59 Å². The number of nitrogens with one attached hydrogen (secondary N) is 3. The zero-order chi connectivity index (χ0) is 21.0. The Morgan fingerprint density at radius 1 is 1.14 bits per heavy atom. The number of ketones is 1. The van der Waals surface area contributed by atoms with E-state index < -0.39 is 12.0 Å². The summed E-state index contributed by atoms with van der Waals surface area (Å²) in [7, 11) is 2.82. The van der Waals surface area contributed by atoms with Crippen molar-refractivity contribution in [3.63, 3.8) is 0 Å². The van der Waals surface area contributed by atoms with Crippen LogP contribution in [-0.4, -0.2) is 42.9 Å². The van der Waals surface area contributed by atoms with Gasteiger partial charge >= 0.3 is 5.97 Å². The first-order valence-corrected chi connectivity index (χ1v) is 8.73. The van der Waals surface area contributed by atoms with Gasteiger partial charge in [-0.25, -0.2) is 4.79 Å². The van der Waals surface area contributed by atoms with E-state index in [1.165, 1.54) is 21.1 Å². The van der Waals surface area contributed by atoms with Crippen molar-refractivity contribution in [1.29, 1.82) is 0 Å². The predicted octanol–water partition coefficient (Wildman–Crippen LogP) is 3.07. The van der Waals surface area contributed by atoms with Crippen LogP contribution in [-0.2, 0) is 9.53 Å². The number of esters is 1. The lowest BCUT2D eigenvalue weighted by Crippen LogP contribution is -2.27. The topological polar surface area (TPSA) is 110 Å². The van der Waals surface area contributed by atoms with E-state index in [4.69, 9.17) is 9.47 Å². The molecule has 0 aliphatic rings. The normalized spacial score (nSPS) is 11.5. The average molecular weight is 387 g/mol. The second kappa shape index (κ2) is 8.60. The van der Waals surface area contributed by atoms with Gasteiger partial charge in [0.1, 0.15) is 5.75 Å². The molecule has 1 aromatic carbocycles. The van der Waals surface area contributed by atoms with Crippen LogP contribution >= 0.6 is 0 Å². The number of hydrogen-bond donors (Lipinski definition) is 3. The first-order chi connectivity index (χ1) is 13.2. The van der Waals surface area contributed by atoms with Crippen LogP contribution in [0.5, 0.6) is 5.75 Å². The molecule has 0 aliphatic heterocycles. The van der Waals surface area contributed by atoms with Crippen LogP contribution in [0.1, 0.15) is 46.0 Å². The summed E-state index contributed by atoms with van der Waals surface area (Å²) in [6, 6.07) is 4.48. The molecule has 2 aromatic rings. The van der Waals surface area contributed by atoms with Gasteiger partial charge in [0.25, 0.3) is 0 Å². The van der Waals surface area contributed by atoms with Gasteiger partial charge in [0.15, 0.2) is 0 Å². The van der Waals surface area contributed by atoms with Gasteiger partial charge in [0, 0.05) is 18.3 Å². The Kier molecular flexibility index (Phi) is 6.45.